The average molecular weight is 564 g/mol. The van der Waals surface area contributed by atoms with Crippen LogP contribution in [0.25, 0.3) is 77.6 Å². The molecule has 0 amide bonds. The molecule has 0 unspecified atom stereocenters. The third-order valence-corrected chi connectivity index (χ3v) is 8.49. The highest BCUT2D eigenvalue weighted by Gasteiger charge is 2.15. The fraction of sp³-hybridized carbons (Fsp3) is 0. The first kappa shape index (κ1) is 24.5. The van der Waals surface area contributed by atoms with Crippen LogP contribution >= 0.6 is 0 Å². The number of para-hydroxylation sites is 3. The molecule has 9 aromatic rings. The second-order valence-electron chi connectivity index (χ2n) is 11.0. The van der Waals surface area contributed by atoms with Gasteiger partial charge in [0.05, 0.1) is 52.0 Å². The van der Waals surface area contributed by atoms with Crippen molar-refractivity contribution in [2.75, 3.05) is 0 Å². The van der Waals surface area contributed by atoms with Crippen molar-refractivity contribution < 1.29 is 0 Å². The van der Waals surface area contributed by atoms with Gasteiger partial charge in [0.15, 0.2) is 5.82 Å². The van der Waals surface area contributed by atoms with Crippen LogP contribution in [0, 0.1) is 0 Å². The lowest BCUT2D eigenvalue weighted by Gasteiger charge is -2.10. The molecule has 0 saturated carbocycles. The maximum absolute atomic E-state index is 4.83. The first-order valence-corrected chi connectivity index (χ1v) is 14.7. The molecule has 5 aromatic carbocycles. The highest BCUT2D eigenvalue weighted by molar-refractivity contribution is 6.10. The normalized spacial score (nSPS) is 11.6. The molecule has 0 fully saturated rings. The molecule has 4 heterocycles. The Morgan fingerprint density at radius 2 is 0.886 bits per heavy atom. The van der Waals surface area contributed by atoms with Gasteiger partial charge in [0, 0.05) is 38.4 Å². The summed E-state index contributed by atoms with van der Waals surface area (Å²) in [6, 6.07) is 46.5. The Bertz CT molecular complexity index is 2420. The van der Waals surface area contributed by atoms with Crippen LogP contribution in [-0.4, -0.2) is 24.1 Å². The van der Waals surface area contributed by atoms with Crippen LogP contribution < -0.4 is 0 Å². The molecule has 0 spiro atoms. The summed E-state index contributed by atoms with van der Waals surface area (Å²) in [5.74, 6) is 0.688. The minimum Gasteiger partial charge on any atom is -0.309 e. The number of aromatic nitrogens is 5. The van der Waals surface area contributed by atoms with Gasteiger partial charge >= 0.3 is 0 Å². The smallest absolute Gasteiger partial charge is 0.159 e. The van der Waals surface area contributed by atoms with Gasteiger partial charge in [0.2, 0.25) is 0 Å². The van der Waals surface area contributed by atoms with E-state index in [9.17, 15) is 0 Å². The van der Waals surface area contributed by atoms with E-state index in [0.717, 1.165) is 44.6 Å². The zero-order valence-corrected chi connectivity index (χ0v) is 23.7. The topological polar surface area (TPSA) is 48.5 Å². The van der Waals surface area contributed by atoms with Gasteiger partial charge in [0.1, 0.15) is 0 Å². The Hall–Kier alpha value is -6.07. The number of hydrogen-bond acceptors (Lipinski definition) is 3. The molecule has 0 saturated heterocycles. The van der Waals surface area contributed by atoms with E-state index in [1.165, 1.54) is 27.2 Å². The maximum atomic E-state index is 4.83. The number of hydrogen-bond donors (Lipinski definition) is 0. The molecule has 5 nitrogen and oxygen atoms in total. The van der Waals surface area contributed by atoms with E-state index >= 15 is 0 Å². The third-order valence-electron chi connectivity index (χ3n) is 8.49. The Balaban J connectivity index is 1.10. The van der Waals surface area contributed by atoms with Crippen molar-refractivity contribution in [1.82, 2.24) is 24.1 Å². The van der Waals surface area contributed by atoms with E-state index in [4.69, 9.17) is 15.0 Å². The van der Waals surface area contributed by atoms with Crippen LogP contribution in [0.1, 0.15) is 0 Å². The molecule has 0 aliphatic heterocycles. The highest BCUT2D eigenvalue weighted by atomic mass is 15.0. The lowest BCUT2D eigenvalue weighted by molar-refractivity contribution is 1.08. The van der Waals surface area contributed by atoms with E-state index < -0.39 is 0 Å². The van der Waals surface area contributed by atoms with Crippen LogP contribution in [0.15, 0.2) is 152 Å². The lowest BCUT2D eigenvalue weighted by atomic mass is 10.1. The Morgan fingerprint density at radius 3 is 1.50 bits per heavy atom. The van der Waals surface area contributed by atoms with Crippen molar-refractivity contribution in [2.24, 2.45) is 0 Å². The van der Waals surface area contributed by atoms with Crippen LogP contribution in [0.4, 0.5) is 0 Å². The van der Waals surface area contributed by atoms with Crippen molar-refractivity contribution in [2.45, 2.75) is 0 Å². The summed E-state index contributed by atoms with van der Waals surface area (Å²) in [5.41, 5.74) is 9.54. The summed E-state index contributed by atoms with van der Waals surface area (Å²) in [6.45, 7) is 0. The highest BCUT2D eigenvalue weighted by Crippen LogP contribution is 2.35. The molecule has 0 atom stereocenters. The predicted octanol–water partition coefficient (Wildman–Crippen LogP) is 9.40. The Morgan fingerprint density at radius 1 is 0.364 bits per heavy atom. The number of fused-ring (bicyclic) bond motifs is 6. The quantitative estimate of drug-likeness (QED) is 0.214. The van der Waals surface area contributed by atoms with Gasteiger partial charge in [-0.1, -0.05) is 84.9 Å². The standard InChI is InChI=1S/C39H25N5/c1-2-10-26(11-3-1)34-22-33-32-14-6-9-17-37(32)44(38(33)25-40-34)29-23-41-39(42-24-29)27-18-20-28(21-19-27)43-35-15-7-4-12-30(35)31-13-5-8-16-36(31)43/h1-25H. The summed E-state index contributed by atoms with van der Waals surface area (Å²) in [6.07, 6.45) is 5.76. The van der Waals surface area contributed by atoms with Crippen molar-refractivity contribution in [3.63, 3.8) is 0 Å². The second kappa shape index (κ2) is 9.75. The lowest BCUT2D eigenvalue weighted by Crippen LogP contribution is -1.98. The van der Waals surface area contributed by atoms with Gasteiger partial charge < -0.3 is 9.13 Å². The molecule has 5 heteroatoms. The summed E-state index contributed by atoms with van der Waals surface area (Å²) in [4.78, 5) is 14.5. The van der Waals surface area contributed by atoms with E-state index in [1.807, 2.05) is 36.8 Å². The zero-order chi connectivity index (χ0) is 29.0. The molecule has 0 aliphatic rings. The molecule has 206 valence electrons. The predicted molar refractivity (Wildman–Crippen MR) is 179 cm³/mol. The van der Waals surface area contributed by atoms with Gasteiger partial charge in [-0.25, -0.2) is 9.97 Å². The second-order valence-corrected chi connectivity index (χ2v) is 11.0. The van der Waals surface area contributed by atoms with Gasteiger partial charge in [-0.3, -0.25) is 4.98 Å². The van der Waals surface area contributed by atoms with Crippen molar-refractivity contribution in [1.29, 1.82) is 0 Å². The van der Waals surface area contributed by atoms with Gasteiger partial charge in [0.25, 0.3) is 0 Å². The SMILES string of the molecule is c1ccc(-c2cc3c4ccccc4n(-c4cnc(-c5ccc(-n6c7ccccc7c7ccccc76)cc5)nc4)c3cn2)cc1. The van der Waals surface area contributed by atoms with Crippen LogP contribution in [0.2, 0.25) is 0 Å². The first-order chi connectivity index (χ1) is 21.8. The largest absolute Gasteiger partial charge is 0.309 e. The van der Waals surface area contributed by atoms with Crippen molar-refractivity contribution in [3.8, 4) is 34.0 Å². The first-order valence-electron chi connectivity index (χ1n) is 14.7. The number of pyridine rings is 1. The van der Waals surface area contributed by atoms with Gasteiger partial charge in [-0.05, 0) is 48.5 Å². The molecular formula is C39H25N5. The molecular weight excluding hydrogens is 538 g/mol. The van der Waals surface area contributed by atoms with Crippen LogP contribution in [0.3, 0.4) is 0 Å². The Kier molecular flexibility index (Phi) is 5.43. The fourth-order valence-corrected chi connectivity index (χ4v) is 6.46. The van der Waals surface area contributed by atoms with Crippen molar-refractivity contribution >= 4 is 43.6 Å². The van der Waals surface area contributed by atoms with E-state index in [2.05, 4.69) is 124 Å². The zero-order valence-electron chi connectivity index (χ0n) is 23.7. The summed E-state index contributed by atoms with van der Waals surface area (Å²) < 4.78 is 4.51. The minimum atomic E-state index is 0.688. The fourth-order valence-electron chi connectivity index (χ4n) is 6.46. The van der Waals surface area contributed by atoms with E-state index in [0.29, 0.717) is 5.82 Å². The monoisotopic (exact) mass is 563 g/mol. The molecule has 0 N–H and O–H groups in total. The van der Waals surface area contributed by atoms with Gasteiger partial charge in [-0.15, -0.1) is 0 Å². The molecule has 0 radical (unpaired) electrons. The molecule has 0 bridgehead atoms. The van der Waals surface area contributed by atoms with Crippen molar-refractivity contribution in [3.05, 3.63) is 152 Å². The Labute approximate surface area is 253 Å². The number of nitrogens with zero attached hydrogens (tertiary/aromatic N) is 5. The summed E-state index contributed by atoms with van der Waals surface area (Å²) >= 11 is 0. The van der Waals surface area contributed by atoms with E-state index in [-0.39, 0.29) is 0 Å². The molecule has 9 rings (SSSR count). The third kappa shape index (κ3) is 3.76. The van der Waals surface area contributed by atoms with Crippen LogP contribution in [-0.2, 0) is 0 Å². The van der Waals surface area contributed by atoms with E-state index in [1.54, 1.807) is 0 Å². The van der Waals surface area contributed by atoms with Gasteiger partial charge in [-0.2, -0.15) is 0 Å². The summed E-state index contributed by atoms with van der Waals surface area (Å²) in [7, 11) is 0. The molecule has 4 aromatic heterocycles. The number of benzene rings is 5. The van der Waals surface area contributed by atoms with Crippen LogP contribution in [0.5, 0.6) is 0 Å². The summed E-state index contributed by atoms with van der Waals surface area (Å²) in [5, 5.41) is 4.83. The minimum absolute atomic E-state index is 0.688. The molecule has 0 aliphatic carbocycles. The number of rotatable bonds is 4. The maximum Gasteiger partial charge on any atom is 0.159 e. The average Bonchev–Trinajstić information content (AvgIpc) is 3.62. The molecule has 44 heavy (non-hydrogen) atoms.